The molecule has 0 saturated carbocycles. The minimum absolute atomic E-state index is 0.00207. The molecule has 1 atom stereocenters. The van der Waals surface area contributed by atoms with Gasteiger partial charge in [-0.15, -0.1) is 0 Å². The minimum Gasteiger partial charge on any atom is -0.487 e. The first kappa shape index (κ1) is 14.5. The lowest BCUT2D eigenvalue weighted by molar-refractivity contribution is 0.267. The van der Waals surface area contributed by atoms with Gasteiger partial charge in [0.05, 0.1) is 0 Å². The molecule has 0 aliphatic rings. The quantitative estimate of drug-likeness (QED) is 0.881. The van der Waals surface area contributed by atoms with Crippen LogP contribution in [0.5, 0.6) is 5.75 Å². The van der Waals surface area contributed by atoms with Crippen LogP contribution in [0.4, 0.5) is 4.39 Å². The summed E-state index contributed by atoms with van der Waals surface area (Å²) in [6.45, 7) is 6.80. The van der Waals surface area contributed by atoms with Crippen molar-refractivity contribution in [3.63, 3.8) is 0 Å². The number of aryl methyl sites for hydroxylation is 1. The predicted octanol–water partition coefficient (Wildman–Crippen LogP) is 2.77. The third kappa shape index (κ3) is 3.33. The molecule has 0 saturated heterocycles. The molecule has 0 fully saturated rings. The van der Waals surface area contributed by atoms with Crippen molar-refractivity contribution in [1.82, 2.24) is 15.6 Å². The van der Waals surface area contributed by atoms with E-state index in [0.717, 1.165) is 12.1 Å². The zero-order valence-electron chi connectivity index (χ0n) is 11.8. The van der Waals surface area contributed by atoms with E-state index < -0.39 is 0 Å². The van der Waals surface area contributed by atoms with Gasteiger partial charge >= 0.3 is 0 Å². The Morgan fingerprint density at radius 1 is 1.40 bits per heavy atom. The largest absolute Gasteiger partial charge is 0.487 e. The van der Waals surface area contributed by atoms with Gasteiger partial charge in [-0.2, -0.15) is 0 Å². The molecule has 2 aromatic rings. The van der Waals surface area contributed by atoms with E-state index in [9.17, 15) is 4.39 Å². The van der Waals surface area contributed by atoms with Gasteiger partial charge in [-0.3, -0.25) is 0 Å². The van der Waals surface area contributed by atoms with E-state index in [2.05, 4.69) is 20.3 Å². The van der Waals surface area contributed by atoms with Gasteiger partial charge in [0.2, 0.25) is 0 Å². The molecule has 1 aromatic heterocycles. The molecule has 108 valence electrons. The van der Waals surface area contributed by atoms with Gasteiger partial charge in [0.1, 0.15) is 29.6 Å². The average Bonchev–Trinajstić information content (AvgIpc) is 2.83. The molecule has 0 amide bonds. The minimum atomic E-state index is -0.281. The lowest BCUT2D eigenvalue weighted by Gasteiger charge is -2.17. The Labute approximate surface area is 117 Å². The Balaban J connectivity index is 2.16. The Kier molecular flexibility index (Phi) is 4.68. The predicted molar refractivity (Wildman–Crippen MR) is 71.9 cm³/mol. The molecular weight excluding hydrogens is 261 g/mol. The van der Waals surface area contributed by atoms with Gasteiger partial charge in [0, 0.05) is 11.6 Å². The molecular formula is C14H18FN3O2. The first-order valence-electron chi connectivity index (χ1n) is 6.55. The first-order chi connectivity index (χ1) is 9.61. The number of rotatable bonds is 6. The summed E-state index contributed by atoms with van der Waals surface area (Å²) in [4.78, 5) is 0. The molecule has 0 radical (unpaired) electrons. The molecule has 2 rings (SSSR count). The summed E-state index contributed by atoms with van der Waals surface area (Å²) in [5.74, 6) is 0.346. The van der Waals surface area contributed by atoms with Crippen molar-refractivity contribution in [2.45, 2.75) is 33.4 Å². The Bertz CT molecular complexity index is 571. The Morgan fingerprint density at radius 2 is 2.20 bits per heavy atom. The van der Waals surface area contributed by atoms with Crippen LogP contribution in [0, 0.1) is 12.7 Å². The number of nitrogens with zero attached hydrogens (tertiary/aromatic N) is 2. The molecule has 1 heterocycles. The lowest BCUT2D eigenvalue weighted by atomic mass is 10.1. The van der Waals surface area contributed by atoms with E-state index in [1.807, 2.05) is 13.8 Å². The van der Waals surface area contributed by atoms with Gasteiger partial charge in [0.15, 0.2) is 0 Å². The second kappa shape index (κ2) is 6.47. The molecule has 6 heteroatoms. The van der Waals surface area contributed by atoms with E-state index in [4.69, 9.17) is 4.74 Å². The number of aromatic nitrogens is 2. The summed E-state index contributed by atoms with van der Waals surface area (Å²) in [6.07, 6.45) is 0. The third-order valence-corrected chi connectivity index (χ3v) is 3.06. The number of hydrogen-bond acceptors (Lipinski definition) is 5. The summed E-state index contributed by atoms with van der Waals surface area (Å²) in [5, 5.41) is 10.7. The second-order valence-electron chi connectivity index (χ2n) is 4.55. The van der Waals surface area contributed by atoms with Gasteiger partial charge in [-0.1, -0.05) is 17.2 Å². The van der Waals surface area contributed by atoms with Crippen LogP contribution in [-0.2, 0) is 6.61 Å². The fraction of sp³-hybridized carbons (Fsp3) is 0.429. The van der Waals surface area contributed by atoms with Crippen molar-refractivity contribution in [3.05, 3.63) is 41.0 Å². The standard InChI is InChI=1S/C14H18FN3O2/c1-4-16-9(2)12-7-11(15)5-6-14(12)19-8-13-10(3)17-20-18-13/h5-7,9,16H,4,8H2,1-3H3. The van der Waals surface area contributed by atoms with Crippen LogP contribution in [0.25, 0.3) is 0 Å². The highest BCUT2D eigenvalue weighted by Crippen LogP contribution is 2.26. The van der Waals surface area contributed by atoms with E-state index in [1.165, 1.54) is 12.1 Å². The number of ether oxygens (including phenoxy) is 1. The molecule has 0 spiro atoms. The molecule has 1 aromatic carbocycles. The van der Waals surface area contributed by atoms with Crippen LogP contribution in [0.3, 0.4) is 0 Å². The maximum atomic E-state index is 13.4. The van der Waals surface area contributed by atoms with E-state index in [0.29, 0.717) is 17.1 Å². The highest BCUT2D eigenvalue weighted by molar-refractivity contribution is 5.36. The molecule has 0 bridgehead atoms. The zero-order valence-corrected chi connectivity index (χ0v) is 11.8. The SMILES string of the molecule is CCNC(C)c1cc(F)ccc1OCc1nonc1C. The van der Waals surface area contributed by atoms with Gasteiger partial charge in [-0.25, -0.2) is 9.02 Å². The molecule has 20 heavy (non-hydrogen) atoms. The maximum absolute atomic E-state index is 13.4. The van der Waals surface area contributed by atoms with Crippen molar-refractivity contribution >= 4 is 0 Å². The van der Waals surface area contributed by atoms with Gasteiger partial charge in [0.25, 0.3) is 0 Å². The summed E-state index contributed by atoms with van der Waals surface area (Å²) in [5.41, 5.74) is 2.10. The van der Waals surface area contributed by atoms with Crippen molar-refractivity contribution in [3.8, 4) is 5.75 Å². The highest BCUT2D eigenvalue weighted by atomic mass is 19.1. The summed E-state index contributed by atoms with van der Waals surface area (Å²) < 4.78 is 23.7. The average molecular weight is 279 g/mol. The fourth-order valence-electron chi connectivity index (χ4n) is 1.93. The normalized spacial score (nSPS) is 12.4. The molecule has 1 N–H and O–H groups in total. The number of halogens is 1. The van der Waals surface area contributed by atoms with Crippen LogP contribution < -0.4 is 10.1 Å². The summed E-state index contributed by atoms with van der Waals surface area (Å²) in [7, 11) is 0. The monoisotopic (exact) mass is 279 g/mol. The Morgan fingerprint density at radius 3 is 2.85 bits per heavy atom. The van der Waals surface area contributed by atoms with Crippen LogP contribution in [0.1, 0.15) is 36.8 Å². The molecule has 1 unspecified atom stereocenters. The molecule has 0 aliphatic heterocycles. The maximum Gasteiger partial charge on any atom is 0.145 e. The topological polar surface area (TPSA) is 60.2 Å². The summed E-state index contributed by atoms with van der Waals surface area (Å²) in [6, 6.07) is 4.49. The number of hydrogen-bond donors (Lipinski definition) is 1. The smallest absolute Gasteiger partial charge is 0.145 e. The Hall–Kier alpha value is -1.95. The fourth-order valence-corrected chi connectivity index (χ4v) is 1.93. The van der Waals surface area contributed by atoms with Crippen LogP contribution in [-0.4, -0.2) is 16.9 Å². The molecule has 0 aliphatic carbocycles. The number of benzene rings is 1. The van der Waals surface area contributed by atoms with E-state index in [1.54, 1.807) is 13.0 Å². The van der Waals surface area contributed by atoms with Crippen molar-refractivity contribution < 1.29 is 13.8 Å². The van der Waals surface area contributed by atoms with E-state index >= 15 is 0 Å². The van der Waals surface area contributed by atoms with E-state index in [-0.39, 0.29) is 18.5 Å². The van der Waals surface area contributed by atoms with Crippen LogP contribution >= 0.6 is 0 Å². The van der Waals surface area contributed by atoms with Crippen LogP contribution in [0.15, 0.2) is 22.8 Å². The first-order valence-corrected chi connectivity index (χ1v) is 6.55. The van der Waals surface area contributed by atoms with Crippen molar-refractivity contribution in [2.24, 2.45) is 0 Å². The van der Waals surface area contributed by atoms with Gasteiger partial charge in [-0.05, 0) is 38.6 Å². The van der Waals surface area contributed by atoms with Crippen molar-refractivity contribution in [2.75, 3.05) is 6.54 Å². The van der Waals surface area contributed by atoms with Crippen LogP contribution in [0.2, 0.25) is 0 Å². The zero-order chi connectivity index (χ0) is 14.5. The third-order valence-electron chi connectivity index (χ3n) is 3.06. The second-order valence-corrected chi connectivity index (χ2v) is 4.55. The highest BCUT2D eigenvalue weighted by Gasteiger charge is 2.14. The lowest BCUT2D eigenvalue weighted by Crippen LogP contribution is -2.18. The van der Waals surface area contributed by atoms with Gasteiger partial charge < -0.3 is 10.1 Å². The van der Waals surface area contributed by atoms with Crippen molar-refractivity contribution in [1.29, 1.82) is 0 Å². The molecule has 5 nitrogen and oxygen atoms in total. The summed E-state index contributed by atoms with van der Waals surface area (Å²) >= 11 is 0. The number of nitrogens with one attached hydrogen (secondary N) is 1.